The number of hydrogen-bond donors (Lipinski definition) is 2. The van der Waals surface area contributed by atoms with E-state index in [1.807, 2.05) is 27.7 Å². The minimum Gasteiger partial charge on any atom is -0.444 e. The van der Waals surface area contributed by atoms with Crippen LogP contribution in [-0.4, -0.2) is 70.1 Å². The Morgan fingerprint density at radius 2 is 1.86 bits per heavy atom. The van der Waals surface area contributed by atoms with Gasteiger partial charge in [0.2, 0.25) is 0 Å². The first-order chi connectivity index (χ1) is 10.1. The largest absolute Gasteiger partial charge is 0.444 e. The molecule has 124 valence electrons. The third-order valence-electron chi connectivity index (χ3n) is 4.91. The fourth-order valence-electron chi connectivity index (χ4n) is 3.73. The minimum atomic E-state index is -0.753. The van der Waals surface area contributed by atoms with Crippen LogP contribution in [0.1, 0.15) is 34.1 Å². The zero-order valence-corrected chi connectivity index (χ0v) is 13.8. The standard InChI is InChI=1S/C16H26N2O4/c1-10-11(13(20)12(10)19)17-6-5-16(7-17)8-18(9-16)14(21)22-15(2,3)4/h12-13,19-20H,5-9H2,1-4H3. The van der Waals surface area contributed by atoms with Crippen molar-refractivity contribution in [1.82, 2.24) is 9.80 Å². The van der Waals surface area contributed by atoms with Gasteiger partial charge >= 0.3 is 6.09 Å². The highest BCUT2D eigenvalue weighted by Crippen LogP contribution is 2.44. The second-order valence-electron chi connectivity index (χ2n) is 7.97. The molecule has 0 radical (unpaired) electrons. The average Bonchev–Trinajstić information content (AvgIpc) is 2.79. The maximum atomic E-state index is 12.0. The Labute approximate surface area is 131 Å². The number of aliphatic hydroxyl groups excluding tert-OH is 2. The molecule has 3 aliphatic rings. The Kier molecular flexibility index (Phi) is 3.45. The Morgan fingerprint density at radius 1 is 1.23 bits per heavy atom. The van der Waals surface area contributed by atoms with E-state index in [0.717, 1.165) is 30.8 Å². The summed E-state index contributed by atoms with van der Waals surface area (Å²) in [7, 11) is 0. The number of amides is 1. The van der Waals surface area contributed by atoms with Gasteiger partial charge in [-0.2, -0.15) is 0 Å². The second-order valence-corrected chi connectivity index (χ2v) is 7.97. The van der Waals surface area contributed by atoms with Crippen molar-refractivity contribution < 1.29 is 19.7 Å². The summed E-state index contributed by atoms with van der Waals surface area (Å²) in [6.07, 6.45) is -0.708. The maximum Gasteiger partial charge on any atom is 0.410 e. The summed E-state index contributed by atoms with van der Waals surface area (Å²) in [5, 5.41) is 19.5. The minimum absolute atomic E-state index is 0.116. The molecule has 2 atom stereocenters. The third kappa shape index (κ3) is 2.48. The van der Waals surface area contributed by atoms with Crippen LogP contribution in [-0.2, 0) is 4.74 Å². The van der Waals surface area contributed by atoms with Gasteiger partial charge in [-0.05, 0) is 39.7 Å². The van der Waals surface area contributed by atoms with Crippen molar-refractivity contribution in [1.29, 1.82) is 0 Å². The summed E-state index contributed by atoms with van der Waals surface area (Å²) in [5.41, 5.74) is 1.40. The molecule has 1 amide bonds. The van der Waals surface area contributed by atoms with Crippen molar-refractivity contribution in [2.24, 2.45) is 5.41 Å². The molecule has 0 bridgehead atoms. The van der Waals surface area contributed by atoms with E-state index < -0.39 is 17.8 Å². The molecule has 1 aliphatic carbocycles. The smallest absolute Gasteiger partial charge is 0.410 e. The Bertz CT molecular complexity index is 517. The van der Waals surface area contributed by atoms with Crippen molar-refractivity contribution >= 4 is 6.09 Å². The van der Waals surface area contributed by atoms with E-state index in [4.69, 9.17) is 4.74 Å². The third-order valence-corrected chi connectivity index (χ3v) is 4.91. The number of rotatable bonds is 1. The Hall–Kier alpha value is -1.27. The lowest BCUT2D eigenvalue weighted by Gasteiger charge is -2.48. The lowest BCUT2D eigenvalue weighted by Crippen LogP contribution is -2.60. The quantitative estimate of drug-likeness (QED) is 0.754. The molecule has 2 N–H and O–H groups in total. The van der Waals surface area contributed by atoms with E-state index in [9.17, 15) is 15.0 Å². The fraction of sp³-hybridized carbons (Fsp3) is 0.812. The van der Waals surface area contributed by atoms with Crippen LogP contribution < -0.4 is 0 Å². The monoisotopic (exact) mass is 310 g/mol. The van der Waals surface area contributed by atoms with Crippen molar-refractivity contribution in [2.45, 2.75) is 51.9 Å². The van der Waals surface area contributed by atoms with Crippen LogP contribution >= 0.6 is 0 Å². The zero-order chi connectivity index (χ0) is 16.3. The maximum absolute atomic E-state index is 12.0. The van der Waals surface area contributed by atoms with Gasteiger partial charge in [-0.15, -0.1) is 0 Å². The molecule has 2 saturated heterocycles. The number of ether oxygens (including phenoxy) is 1. The van der Waals surface area contributed by atoms with E-state index in [1.165, 1.54) is 0 Å². The average molecular weight is 310 g/mol. The summed E-state index contributed by atoms with van der Waals surface area (Å²) < 4.78 is 5.39. The molecule has 6 heteroatoms. The van der Waals surface area contributed by atoms with E-state index in [1.54, 1.807) is 4.90 Å². The van der Waals surface area contributed by atoms with E-state index in [2.05, 4.69) is 4.90 Å². The molecule has 0 saturated carbocycles. The molecule has 0 aromatic rings. The van der Waals surface area contributed by atoms with Gasteiger partial charge in [0.05, 0.1) is 0 Å². The predicted molar refractivity (Wildman–Crippen MR) is 81.1 cm³/mol. The van der Waals surface area contributed by atoms with Gasteiger partial charge < -0.3 is 24.7 Å². The molecule has 6 nitrogen and oxygen atoms in total. The number of aliphatic hydroxyl groups is 2. The lowest BCUT2D eigenvalue weighted by atomic mass is 9.79. The molecule has 0 aromatic carbocycles. The van der Waals surface area contributed by atoms with E-state index in [-0.39, 0.29) is 11.5 Å². The van der Waals surface area contributed by atoms with Crippen LogP contribution in [0.2, 0.25) is 0 Å². The van der Waals surface area contributed by atoms with Crippen LogP contribution in [0.5, 0.6) is 0 Å². The molecular formula is C16H26N2O4. The van der Waals surface area contributed by atoms with Gasteiger partial charge in [-0.3, -0.25) is 0 Å². The SMILES string of the molecule is CC1=C(N2CCC3(CN(C(=O)OC(C)(C)C)C3)C2)C(O)C1O. The number of carbonyl (C=O) groups excluding carboxylic acids is 1. The molecule has 22 heavy (non-hydrogen) atoms. The highest BCUT2D eigenvalue weighted by Gasteiger charge is 2.52. The lowest BCUT2D eigenvalue weighted by molar-refractivity contribution is -0.0326. The second kappa shape index (κ2) is 4.86. The number of likely N-dealkylation sites (tertiary alicyclic amines) is 2. The fourth-order valence-corrected chi connectivity index (χ4v) is 3.73. The highest BCUT2D eigenvalue weighted by molar-refractivity contribution is 5.69. The Morgan fingerprint density at radius 3 is 2.41 bits per heavy atom. The molecule has 0 aromatic heterocycles. The molecular weight excluding hydrogens is 284 g/mol. The molecule has 2 fully saturated rings. The van der Waals surface area contributed by atoms with Gasteiger partial charge in [-0.1, -0.05) is 0 Å². The van der Waals surface area contributed by atoms with Crippen molar-refractivity contribution in [3.8, 4) is 0 Å². The first kappa shape index (κ1) is 15.6. The van der Waals surface area contributed by atoms with Gasteiger partial charge in [0.15, 0.2) is 0 Å². The first-order valence-corrected chi connectivity index (χ1v) is 7.92. The van der Waals surface area contributed by atoms with Gasteiger partial charge in [0, 0.05) is 37.3 Å². The van der Waals surface area contributed by atoms with Gasteiger partial charge in [-0.25, -0.2) is 4.79 Å². The van der Waals surface area contributed by atoms with Gasteiger partial charge in [0.25, 0.3) is 0 Å². The molecule has 3 rings (SSSR count). The highest BCUT2D eigenvalue weighted by atomic mass is 16.6. The molecule has 2 unspecified atom stereocenters. The summed E-state index contributed by atoms with van der Waals surface area (Å²) in [6.45, 7) is 10.6. The number of nitrogens with zero attached hydrogens (tertiary/aromatic N) is 2. The normalized spacial score (nSPS) is 30.5. The summed E-state index contributed by atoms with van der Waals surface area (Å²) >= 11 is 0. The van der Waals surface area contributed by atoms with Gasteiger partial charge in [0.1, 0.15) is 17.8 Å². The van der Waals surface area contributed by atoms with Crippen LogP contribution in [0, 0.1) is 5.41 Å². The van der Waals surface area contributed by atoms with Crippen molar-refractivity contribution in [2.75, 3.05) is 26.2 Å². The predicted octanol–water partition coefficient (Wildman–Crippen LogP) is 0.939. The van der Waals surface area contributed by atoms with Crippen LogP contribution in [0.15, 0.2) is 11.3 Å². The molecule has 2 heterocycles. The van der Waals surface area contributed by atoms with E-state index >= 15 is 0 Å². The van der Waals surface area contributed by atoms with E-state index in [0.29, 0.717) is 13.1 Å². The summed E-state index contributed by atoms with van der Waals surface area (Å²) in [6, 6.07) is 0. The van der Waals surface area contributed by atoms with Crippen molar-refractivity contribution in [3.05, 3.63) is 11.3 Å². The topological polar surface area (TPSA) is 73.2 Å². The van der Waals surface area contributed by atoms with Crippen LogP contribution in [0.3, 0.4) is 0 Å². The molecule has 1 spiro atoms. The Balaban J connectivity index is 1.56. The van der Waals surface area contributed by atoms with Crippen LogP contribution in [0.4, 0.5) is 4.79 Å². The van der Waals surface area contributed by atoms with Crippen molar-refractivity contribution in [3.63, 3.8) is 0 Å². The number of hydrogen-bond acceptors (Lipinski definition) is 5. The molecule has 2 aliphatic heterocycles. The number of carbonyl (C=O) groups is 1. The van der Waals surface area contributed by atoms with Crippen LogP contribution in [0.25, 0.3) is 0 Å². The summed E-state index contributed by atoms with van der Waals surface area (Å²) in [5.74, 6) is 0. The summed E-state index contributed by atoms with van der Waals surface area (Å²) in [4.78, 5) is 15.9. The first-order valence-electron chi connectivity index (χ1n) is 7.92. The zero-order valence-electron chi connectivity index (χ0n) is 13.8.